The second kappa shape index (κ2) is 5.46. The molecule has 0 aliphatic carbocycles. The quantitative estimate of drug-likeness (QED) is 0.704. The molecule has 0 saturated carbocycles. The number of halogens is 1. The van der Waals surface area contributed by atoms with Crippen LogP contribution in [0.2, 0.25) is 0 Å². The Morgan fingerprint density at radius 2 is 2.22 bits per heavy atom. The highest BCUT2D eigenvalue weighted by Gasteiger charge is 2.31. The summed E-state index contributed by atoms with van der Waals surface area (Å²) in [6, 6.07) is 2.61. The molecular weight excluding hydrogens is 359 g/mol. The predicted octanol–water partition coefficient (Wildman–Crippen LogP) is 2.66. The van der Waals surface area contributed by atoms with Gasteiger partial charge < -0.3 is 4.90 Å². The molecular formula is C13H17IN2OS. The Morgan fingerprint density at radius 3 is 3.00 bits per heavy atom. The number of nitrogens with zero attached hydrogens (tertiary/aromatic N) is 2. The standard InChI is InChI=1S/C13H17IN2OS/c14-12-7-10(9-18-12)13(17)16-6-5-15-4-2-1-3-11(15)8-16/h7,9,11H,1-6,8H2. The van der Waals surface area contributed by atoms with Gasteiger partial charge in [-0.2, -0.15) is 0 Å². The molecule has 5 heteroatoms. The molecule has 0 radical (unpaired) electrons. The first-order chi connectivity index (χ1) is 8.74. The van der Waals surface area contributed by atoms with Gasteiger partial charge in [0.1, 0.15) is 0 Å². The maximum absolute atomic E-state index is 12.4. The molecule has 98 valence electrons. The normalized spacial score (nSPS) is 24.9. The number of carbonyl (C=O) groups excluding carboxylic acids is 1. The van der Waals surface area contributed by atoms with Gasteiger partial charge in [-0.3, -0.25) is 9.69 Å². The van der Waals surface area contributed by atoms with Crippen LogP contribution in [0.25, 0.3) is 0 Å². The van der Waals surface area contributed by atoms with Gasteiger partial charge >= 0.3 is 0 Å². The lowest BCUT2D eigenvalue weighted by Gasteiger charge is -2.44. The van der Waals surface area contributed by atoms with E-state index in [1.54, 1.807) is 11.3 Å². The van der Waals surface area contributed by atoms with Crippen molar-refractivity contribution >= 4 is 39.8 Å². The Labute approximate surface area is 125 Å². The van der Waals surface area contributed by atoms with Crippen molar-refractivity contribution in [2.24, 2.45) is 0 Å². The molecule has 3 rings (SSSR count). The third-order valence-electron chi connectivity index (χ3n) is 3.94. The number of piperazine rings is 1. The minimum Gasteiger partial charge on any atom is -0.336 e. The summed E-state index contributed by atoms with van der Waals surface area (Å²) in [5, 5.41) is 1.98. The van der Waals surface area contributed by atoms with Crippen LogP contribution in [0.5, 0.6) is 0 Å². The van der Waals surface area contributed by atoms with E-state index < -0.39 is 0 Å². The van der Waals surface area contributed by atoms with Gasteiger partial charge in [-0.15, -0.1) is 11.3 Å². The van der Waals surface area contributed by atoms with Crippen LogP contribution in [0.4, 0.5) is 0 Å². The fourth-order valence-electron chi connectivity index (χ4n) is 2.95. The largest absolute Gasteiger partial charge is 0.336 e. The Bertz CT molecular complexity index is 448. The Balaban J connectivity index is 1.68. The second-order valence-electron chi connectivity index (χ2n) is 5.08. The van der Waals surface area contributed by atoms with Crippen molar-refractivity contribution in [3.8, 4) is 0 Å². The lowest BCUT2D eigenvalue weighted by Crippen LogP contribution is -2.56. The van der Waals surface area contributed by atoms with E-state index >= 15 is 0 Å². The van der Waals surface area contributed by atoms with Gasteiger partial charge in [0.2, 0.25) is 0 Å². The van der Waals surface area contributed by atoms with Gasteiger partial charge in [0, 0.05) is 31.1 Å². The zero-order chi connectivity index (χ0) is 12.5. The molecule has 18 heavy (non-hydrogen) atoms. The summed E-state index contributed by atoms with van der Waals surface area (Å²) in [6.07, 6.45) is 3.90. The van der Waals surface area contributed by atoms with E-state index in [-0.39, 0.29) is 5.91 Å². The average Bonchev–Trinajstić information content (AvgIpc) is 2.84. The van der Waals surface area contributed by atoms with Crippen molar-refractivity contribution in [2.75, 3.05) is 26.2 Å². The highest BCUT2D eigenvalue weighted by Crippen LogP contribution is 2.23. The fraction of sp³-hybridized carbons (Fsp3) is 0.615. The topological polar surface area (TPSA) is 23.6 Å². The van der Waals surface area contributed by atoms with Crippen LogP contribution < -0.4 is 0 Å². The van der Waals surface area contributed by atoms with Crippen molar-refractivity contribution < 1.29 is 4.79 Å². The van der Waals surface area contributed by atoms with Crippen molar-refractivity contribution in [1.29, 1.82) is 0 Å². The summed E-state index contributed by atoms with van der Waals surface area (Å²) in [5.41, 5.74) is 0.869. The van der Waals surface area contributed by atoms with Crippen LogP contribution in [0.15, 0.2) is 11.4 Å². The summed E-state index contributed by atoms with van der Waals surface area (Å²) in [4.78, 5) is 17.0. The van der Waals surface area contributed by atoms with Crippen LogP contribution in [-0.4, -0.2) is 47.9 Å². The molecule has 1 atom stereocenters. The molecule has 0 aromatic carbocycles. The van der Waals surface area contributed by atoms with Crippen molar-refractivity contribution in [3.05, 3.63) is 19.9 Å². The summed E-state index contributed by atoms with van der Waals surface area (Å²) < 4.78 is 1.19. The van der Waals surface area contributed by atoms with Gasteiger partial charge in [0.25, 0.3) is 5.91 Å². The number of piperidine rings is 1. The molecule has 3 heterocycles. The summed E-state index contributed by atoms with van der Waals surface area (Å²) in [5.74, 6) is 0.222. The lowest BCUT2D eigenvalue weighted by molar-refractivity contribution is 0.0373. The van der Waals surface area contributed by atoms with Crippen LogP contribution in [-0.2, 0) is 0 Å². The van der Waals surface area contributed by atoms with E-state index in [2.05, 4.69) is 27.5 Å². The lowest BCUT2D eigenvalue weighted by atomic mass is 9.99. The first kappa shape index (κ1) is 12.9. The average molecular weight is 376 g/mol. The van der Waals surface area contributed by atoms with Crippen LogP contribution >= 0.6 is 33.9 Å². The number of hydrogen-bond acceptors (Lipinski definition) is 3. The smallest absolute Gasteiger partial charge is 0.254 e. The molecule has 1 aromatic heterocycles. The molecule has 1 unspecified atom stereocenters. The maximum Gasteiger partial charge on any atom is 0.254 e. The molecule has 0 bridgehead atoms. The summed E-state index contributed by atoms with van der Waals surface area (Å²) in [7, 11) is 0. The Hall–Kier alpha value is -0.140. The SMILES string of the molecule is O=C(c1csc(I)c1)N1CCN2CCCCC2C1. The summed E-state index contributed by atoms with van der Waals surface area (Å²) in [6.45, 7) is 4.09. The third-order valence-corrected chi connectivity index (χ3v) is 5.73. The minimum atomic E-state index is 0.222. The Kier molecular flexibility index (Phi) is 3.91. The van der Waals surface area contributed by atoms with Gasteiger partial charge in [-0.25, -0.2) is 0 Å². The number of fused-ring (bicyclic) bond motifs is 1. The van der Waals surface area contributed by atoms with Crippen LogP contribution in [0, 0.1) is 2.88 Å². The molecule has 2 saturated heterocycles. The number of rotatable bonds is 1. The molecule has 1 aromatic rings. The molecule has 3 nitrogen and oxygen atoms in total. The number of thiophene rings is 1. The predicted molar refractivity (Wildman–Crippen MR) is 82.2 cm³/mol. The van der Waals surface area contributed by atoms with Gasteiger partial charge in [0.15, 0.2) is 0 Å². The van der Waals surface area contributed by atoms with E-state index in [9.17, 15) is 4.79 Å². The van der Waals surface area contributed by atoms with E-state index in [1.807, 2.05) is 16.3 Å². The summed E-state index contributed by atoms with van der Waals surface area (Å²) >= 11 is 3.92. The Morgan fingerprint density at radius 1 is 1.33 bits per heavy atom. The van der Waals surface area contributed by atoms with Crippen molar-refractivity contribution in [1.82, 2.24) is 9.80 Å². The van der Waals surface area contributed by atoms with E-state index in [1.165, 1.54) is 28.7 Å². The molecule has 0 N–H and O–H groups in total. The van der Waals surface area contributed by atoms with Gasteiger partial charge in [0.05, 0.1) is 8.45 Å². The van der Waals surface area contributed by atoms with E-state index in [0.717, 1.165) is 25.2 Å². The fourth-order valence-corrected chi connectivity index (χ4v) is 4.27. The second-order valence-corrected chi connectivity index (χ2v) is 7.88. The molecule has 2 aliphatic rings. The van der Waals surface area contributed by atoms with Gasteiger partial charge in [-0.1, -0.05) is 6.42 Å². The molecule has 2 aliphatic heterocycles. The number of amides is 1. The number of carbonyl (C=O) groups is 1. The van der Waals surface area contributed by atoms with Gasteiger partial charge in [-0.05, 0) is 48.0 Å². The van der Waals surface area contributed by atoms with Crippen LogP contribution in [0.3, 0.4) is 0 Å². The highest BCUT2D eigenvalue weighted by atomic mass is 127. The van der Waals surface area contributed by atoms with Crippen LogP contribution in [0.1, 0.15) is 29.6 Å². The van der Waals surface area contributed by atoms with Crippen molar-refractivity contribution in [2.45, 2.75) is 25.3 Å². The molecule has 1 amide bonds. The van der Waals surface area contributed by atoms with E-state index in [4.69, 9.17) is 0 Å². The first-order valence-corrected chi connectivity index (χ1v) is 8.47. The zero-order valence-electron chi connectivity index (χ0n) is 10.3. The monoisotopic (exact) mass is 376 g/mol. The molecule has 2 fully saturated rings. The molecule has 0 spiro atoms. The maximum atomic E-state index is 12.4. The highest BCUT2D eigenvalue weighted by molar-refractivity contribution is 14.1. The first-order valence-electron chi connectivity index (χ1n) is 6.51. The minimum absolute atomic E-state index is 0.222. The number of hydrogen-bond donors (Lipinski definition) is 0. The van der Waals surface area contributed by atoms with Crippen molar-refractivity contribution in [3.63, 3.8) is 0 Å². The third kappa shape index (κ3) is 2.58. The van der Waals surface area contributed by atoms with E-state index in [0.29, 0.717) is 6.04 Å². The zero-order valence-corrected chi connectivity index (χ0v) is 13.2.